The molecule has 3 heterocycles. The zero-order valence-corrected chi connectivity index (χ0v) is 26.7. The van der Waals surface area contributed by atoms with Crippen molar-refractivity contribution in [1.29, 1.82) is 0 Å². The molecule has 0 saturated heterocycles. The second-order valence-electron chi connectivity index (χ2n) is 12.5. The SMILES string of the molecule is c1ccc(-c2cc(-c3ccccc3)cc(-c3nc(-c4ccccc4)nc(-c4ccc5c(c4)oc4cc6c(cc45)oc4ccccc46)n3)c2)cc1. The molecule has 5 heteroatoms. The molecule has 10 rings (SSSR count). The fraction of sp³-hybridized carbons (Fsp3) is 0. The number of hydrogen-bond acceptors (Lipinski definition) is 5. The van der Waals surface area contributed by atoms with Crippen LogP contribution in [0.15, 0.2) is 173 Å². The van der Waals surface area contributed by atoms with E-state index in [1.54, 1.807) is 0 Å². The minimum atomic E-state index is 0.572. The highest BCUT2D eigenvalue weighted by Crippen LogP contribution is 2.38. The molecule has 50 heavy (non-hydrogen) atoms. The Morgan fingerprint density at radius 3 is 1.32 bits per heavy atom. The highest BCUT2D eigenvalue weighted by Gasteiger charge is 2.18. The second kappa shape index (κ2) is 11.4. The standard InChI is InChI=1S/C45H27N3O2/c1-4-12-28(13-5-1)32-22-33(29-14-6-2-7-15-29)24-34(23-32)45-47-43(30-16-8-3-9-17-30)46-44(48-45)31-20-21-36-38-27-41-37(26-42(38)50-40(36)25-31)35-18-10-11-19-39(35)49-41/h1-27H. The Kier molecular flexibility index (Phi) is 6.42. The molecular formula is C45H27N3O2. The lowest BCUT2D eigenvalue weighted by molar-refractivity contribution is 0.664. The molecule has 0 spiro atoms. The van der Waals surface area contributed by atoms with Gasteiger partial charge in [0.15, 0.2) is 17.5 Å². The van der Waals surface area contributed by atoms with Crippen LogP contribution in [0.3, 0.4) is 0 Å². The van der Waals surface area contributed by atoms with E-state index in [1.807, 2.05) is 66.7 Å². The van der Waals surface area contributed by atoms with Crippen LogP contribution >= 0.6 is 0 Å². The van der Waals surface area contributed by atoms with E-state index in [-0.39, 0.29) is 0 Å². The summed E-state index contributed by atoms with van der Waals surface area (Å²) >= 11 is 0. The fourth-order valence-corrected chi connectivity index (χ4v) is 6.83. The number of hydrogen-bond donors (Lipinski definition) is 0. The monoisotopic (exact) mass is 641 g/mol. The van der Waals surface area contributed by atoms with Gasteiger partial charge in [0.2, 0.25) is 0 Å². The van der Waals surface area contributed by atoms with Crippen LogP contribution in [0.2, 0.25) is 0 Å². The number of aromatic nitrogens is 3. The molecule has 0 radical (unpaired) electrons. The van der Waals surface area contributed by atoms with Gasteiger partial charge in [-0.1, -0.05) is 115 Å². The van der Waals surface area contributed by atoms with Gasteiger partial charge < -0.3 is 8.83 Å². The second-order valence-corrected chi connectivity index (χ2v) is 12.5. The van der Waals surface area contributed by atoms with Gasteiger partial charge in [0.1, 0.15) is 22.3 Å². The summed E-state index contributed by atoms with van der Waals surface area (Å²) in [6.45, 7) is 0. The van der Waals surface area contributed by atoms with Gasteiger partial charge in [-0.15, -0.1) is 0 Å². The molecule has 0 bridgehead atoms. The van der Waals surface area contributed by atoms with E-state index in [9.17, 15) is 0 Å². The predicted octanol–water partition coefficient (Wildman–Crippen LogP) is 12.0. The Balaban J connectivity index is 1.15. The average Bonchev–Trinajstić information content (AvgIpc) is 3.74. The van der Waals surface area contributed by atoms with E-state index >= 15 is 0 Å². The molecule has 7 aromatic carbocycles. The molecule has 234 valence electrons. The molecule has 0 aliphatic heterocycles. The number of rotatable bonds is 5. The smallest absolute Gasteiger partial charge is 0.164 e. The third-order valence-corrected chi connectivity index (χ3v) is 9.30. The van der Waals surface area contributed by atoms with E-state index in [4.69, 9.17) is 23.8 Å². The van der Waals surface area contributed by atoms with Crippen LogP contribution in [0.5, 0.6) is 0 Å². The molecule has 0 aliphatic rings. The van der Waals surface area contributed by atoms with E-state index in [0.717, 1.165) is 82.8 Å². The molecule has 10 aromatic rings. The Morgan fingerprint density at radius 1 is 0.260 bits per heavy atom. The molecule has 0 saturated carbocycles. The van der Waals surface area contributed by atoms with E-state index in [0.29, 0.717) is 17.5 Å². The van der Waals surface area contributed by atoms with Crippen molar-refractivity contribution in [2.45, 2.75) is 0 Å². The Bertz CT molecular complexity index is 2800. The Hall–Kier alpha value is -6.85. The highest BCUT2D eigenvalue weighted by molar-refractivity contribution is 6.15. The summed E-state index contributed by atoms with van der Waals surface area (Å²) in [6, 6.07) is 55.9. The van der Waals surface area contributed by atoms with Crippen LogP contribution in [-0.2, 0) is 0 Å². The summed E-state index contributed by atoms with van der Waals surface area (Å²) in [4.78, 5) is 15.2. The topological polar surface area (TPSA) is 65.0 Å². The summed E-state index contributed by atoms with van der Waals surface area (Å²) in [5, 5.41) is 4.12. The maximum atomic E-state index is 6.49. The van der Waals surface area contributed by atoms with Crippen LogP contribution in [0.25, 0.3) is 100 Å². The summed E-state index contributed by atoms with van der Waals surface area (Å²) in [7, 11) is 0. The van der Waals surface area contributed by atoms with E-state index < -0.39 is 0 Å². The van der Waals surface area contributed by atoms with Gasteiger partial charge in [-0.05, 0) is 70.8 Å². The highest BCUT2D eigenvalue weighted by atomic mass is 16.3. The van der Waals surface area contributed by atoms with Crippen molar-refractivity contribution < 1.29 is 8.83 Å². The molecule has 0 amide bonds. The fourth-order valence-electron chi connectivity index (χ4n) is 6.83. The van der Waals surface area contributed by atoms with E-state index in [2.05, 4.69) is 97.1 Å². The van der Waals surface area contributed by atoms with Gasteiger partial charge >= 0.3 is 0 Å². The maximum absolute atomic E-state index is 6.49. The summed E-state index contributed by atoms with van der Waals surface area (Å²) in [6.07, 6.45) is 0. The molecule has 0 atom stereocenters. The average molecular weight is 642 g/mol. The minimum absolute atomic E-state index is 0.572. The third-order valence-electron chi connectivity index (χ3n) is 9.30. The summed E-state index contributed by atoms with van der Waals surface area (Å²) in [5.74, 6) is 1.78. The van der Waals surface area contributed by atoms with Gasteiger partial charge in [-0.3, -0.25) is 0 Å². The normalized spacial score (nSPS) is 11.6. The summed E-state index contributed by atoms with van der Waals surface area (Å²) in [5.41, 5.74) is 10.4. The first-order valence-corrected chi connectivity index (χ1v) is 16.6. The Labute approximate surface area is 287 Å². The van der Waals surface area contributed by atoms with Gasteiger partial charge in [0, 0.05) is 38.2 Å². The first-order chi connectivity index (χ1) is 24.7. The number of para-hydroxylation sites is 1. The lowest BCUT2D eigenvalue weighted by atomic mass is 9.96. The van der Waals surface area contributed by atoms with Crippen molar-refractivity contribution >= 4 is 43.9 Å². The van der Waals surface area contributed by atoms with Crippen molar-refractivity contribution in [3.8, 4) is 56.4 Å². The van der Waals surface area contributed by atoms with Crippen molar-refractivity contribution in [2.24, 2.45) is 0 Å². The number of furan rings is 2. The van der Waals surface area contributed by atoms with Crippen LogP contribution in [0, 0.1) is 0 Å². The Morgan fingerprint density at radius 2 is 0.700 bits per heavy atom. The van der Waals surface area contributed by atoms with E-state index in [1.165, 1.54) is 0 Å². The van der Waals surface area contributed by atoms with Gasteiger partial charge in [-0.25, -0.2) is 15.0 Å². The van der Waals surface area contributed by atoms with Gasteiger partial charge in [0.25, 0.3) is 0 Å². The molecule has 0 N–H and O–H groups in total. The van der Waals surface area contributed by atoms with Crippen molar-refractivity contribution in [3.05, 3.63) is 164 Å². The number of nitrogens with zero attached hydrogens (tertiary/aromatic N) is 3. The van der Waals surface area contributed by atoms with Gasteiger partial charge in [-0.2, -0.15) is 0 Å². The number of benzene rings is 7. The van der Waals surface area contributed by atoms with Crippen LogP contribution in [0.4, 0.5) is 0 Å². The molecule has 0 unspecified atom stereocenters. The first-order valence-electron chi connectivity index (χ1n) is 16.6. The lowest BCUT2D eigenvalue weighted by Crippen LogP contribution is -2.00. The van der Waals surface area contributed by atoms with Crippen LogP contribution < -0.4 is 0 Å². The molecule has 0 fully saturated rings. The lowest BCUT2D eigenvalue weighted by Gasteiger charge is -2.12. The first kappa shape index (κ1) is 28.2. The molecule has 5 nitrogen and oxygen atoms in total. The minimum Gasteiger partial charge on any atom is -0.456 e. The largest absolute Gasteiger partial charge is 0.456 e. The molecule has 3 aromatic heterocycles. The molecule has 0 aliphatic carbocycles. The van der Waals surface area contributed by atoms with Crippen LogP contribution in [0.1, 0.15) is 0 Å². The van der Waals surface area contributed by atoms with Crippen molar-refractivity contribution in [2.75, 3.05) is 0 Å². The molecular weight excluding hydrogens is 615 g/mol. The quantitative estimate of drug-likeness (QED) is 0.187. The number of fused-ring (bicyclic) bond motifs is 6. The zero-order chi connectivity index (χ0) is 33.0. The third kappa shape index (κ3) is 4.83. The maximum Gasteiger partial charge on any atom is 0.164 e. The van der Waals surface area contributed by atoms with Crippen LogP contribution in [-0.4, -0.2) is 15.0 Å². The van der Waals surface area contributed by atoms with Crippen molar-refractivity contribution in [3.63, 3.8) is 0 Å². The summed E-state index contributed by atoms with van der Waals surface area (Å²) < 4.78 is 12.7. The van der Waals surface area contributed by atoms with Crippen molar-refractivity contribution in [1.82, 2.24) is 15.0 Å². The zero-order valence-electron chi connectivity index (χ0n) is 26.7. The van der Waals surface area contributed by atoms with Gasteiger partial charge in [0.05, 0.1) is 0 Å². The predicted molar refractivity (Wildman–Crippen MR) is 202 cm³/mol.